The Labute approximate surface area is 183 Å². The molecule has 5 rings (SSSR count). The lowest BCUT2D eigenvalue weighted by atomic mass is 9.95. The van der Waals surface area contributed by atoms with Crippen LogP contribution in [-0.4, -0.2) is 36.8 Å². The van der Waals surface area contributed by atoms with E-state index in [9.17, 15) is 12.8 Å². The zero-order chi connectivity index (χ0) is 21.4. The highest BCUT2D eigenvalue weighted by Gasteiger charge is 2.47. The molecule has 3 aromatic rings. The molecule has 1 saturated heterocycles. The van der Waals surface area contributed by atoms with E-state index in [0.717, 1.165) is 43.6 Å². The quantitative estimate of drug-likeness (QED) is 0.601. The lowest BCUT2D eigenvalue weighted by Gasteiger charge is -2.38. The van der Waals surface area contributed by atoms with Gasteiger partial charge in [0.1, 0.15) is 5.82 Å². The summed E-state index contributed by atoms with van der Waals surface area (Å²) >= 11 is 0. The van der Waals surface area contributed by atoms with Crippen molar-refractivity contribution in [2.75, 3.05) is 13.1 Å². The third-order valence-corrected chi connectivity index (χ3v) is 8.37. The SMILES string of the molecule is O=S1(=O)c2ccccc2C(c2ccc(F)cc2)N1C1CCN(Cc2ccccc2)CC1. The topological polar surface area (TPSA) is 40.6 Å². The van der Waals surface area contributed by atoms with Crippen LogP contribution < -0.4 is 0 Å². The Morgan fingerprint density at radius 1 is 0.839 bits per heavy atom. The lowest BCUT2D eigenvalue weighted by Crippen LogP contribution is -2.46. The Bertz CT molecular complexity index is 1160. The molecule has 0 radical (unpaired) electrons. The van der Waals surface area contributed by atoms with Gasteiger partial charge in [-0.2, -0.15) is 4.31 Å². The van der Waals surface area contributed by atoms with Crippen molar-refractivity contribution in [2.24, 2.45) is 0 Å². The molecule has 0 spiro atoms. The molecule has 2 heterocycles. The summed E-state index contributed by atoms with van der Waals surface area (Å²) in [6.07, 6.45) is 1.55. The average Bonchev–Trinajstić information content (AvgIpc) is 3.03. The highest BCUT2D eigenvalue weighted by Crippen LogP contribution is 2.46. The molecule has 2 aliphatic heterocycles. The van der Waals surface area contributed by atoms with Crippen LogP contribution in [0.4, 0.5) is 4.39 Å². The monoisotopic (exact) mass is 436 g/mol. The molecule has 2 aliphatic rings. The third-order valence-electron chi connectivity index (χ3n) is 6.38. The van der Waals surface area contributed by atoms with Crippen molar-refractivity contribution >= 4 is 10.0 Å². The van der Waals surface area contributed by atoms with E-state index >= 15 is 0 Å². The van der Waals surface area contributed by atoms with Crippen molar-refractivity contribution in [1.29, 1.82) is 0 Å². The Morgan fingerprint density at radius 3 is 2.19 bits per heavy atom. The molecule has 3 aromatic carbocycles. The third kappa shape index (κ3) is 3.80. The number of rotatable bonds is 4. The molecular formula is C25H25FN2O2S. The summed E-state index contributed by atoms with van der Waals surface area (Å²) in [5.41, 5.74) is 2.86. The Hall–Kier alpha value is -2.54. The molecular weight excluding hydrogens is 411 g/mol. The first-order valence-corrected chi connectivity index (χ1v) is 12.1. The molecule has 1 fully saturated rings. The highest BCUT2D eigenvalue weighted by molar-refractivity contribution is 7.89. The molecule has 1 unspecified atom stereocenters. The van der Waals surface area contributed by atoms with Crippen LogP contribution >= 0.6 is 0 Å². The van der Waals surface area contributed by atoms with Crippen LogP contribution in [0.1, 0.15) is 35.6 Å². The van der Waals surface area contributed by atoms with Crippen LogP contribution in [0.15, 0.2) is 83.8 Å². The van der Waals surface area contributed by atoms with E-state index in [1.165, 1.54) is 17.7 Å². The van der Waals surface area contributed by atoms with Crippen molar-refractivity contribution in [2.45, 2.75) is 36.4 Å². The van der Waals surface area contributed by atoms with Gasteiger partial charge in [-0.25, -0.2) is 12.8 Å². The van der Waals surface area contributed by atoms with Gasteiger partial charge in [-0.3, -0.25) is 4.90 Å². The van der Waals surface area contributed by atoms with Crippen molar-refractivity contribution in [3.63, 3.8) is 0 Å². The number of hydrogen-bond acceptors (Lipinski definition) is 3. The van der Waals surface area contributed by atoms with Gasteiger partial charge >= 0.3 is 0 Å². The minimum atomic E-state index is -3.61. The van der Waals surface area contributed by atoms with Crippen LogP contribution in [-0.2, 0) is 16.6 Å². The normalized spacial score (nSPS) is 21.8. The van der Waals surface area contributed by atoms with Gasteiger partial charge in [0, 0.05) is 25.7 Å². The molecule has 31 heavy (non-hydrogen) atoms. The number of fused-ring (bicyclic) bond motifs is 1. The summed E-state index contributed by atoms with van der Waals surface area (Å²) in [7, 11) is -3.61. The number of hydrogen-bond donors (Lipinski definition) is 0. The maximum absolute atomic E-state index is 13.6. The predicted molar refractivity (Wildman–Crippen MR) is 118 cm³/mol. The van der Waals surface area contributed by atoms with Gasteiger partial charge in [0.05, 0.1) is 10.9 Å². The molecule has 0 aliphatic carbocycles. The maximum atomic E-state index is 13.6. The summed E-state index contributed by atoms with van der Waals surface area (Å²) in [5.74, 6) is -0.321. The molecule has 0 N–H and O–H groups in total. The van der Waals surface area contributed by atoms with Gasteiger partial charge in [-0.15, -0.1) is 0 Å². The molecule has 160 valence electrons. The number of likely N-dealkylation sites (tertiary alicyclic amines) is 1. The number of nitrogens with zero attached hydrogens (tertiary/aromatic N) is 2. The van der Waals surface area contributed by atoms with Crippen molar-refractivity contribution in [3.05, 3.63) is 101 Å². The van der Waals surface area contributed by atoms with Crippen LogP contribution in [0, 0.1) is 5.82 Å². The summed E-state index contributed by atoms with van der Waals surface area (Å²) in [6, 6.07) is 23.3. The highest BCUT2D eigenvalue weighted by atomic mass is 32.2. The molecule has 1 atom stereocenters. The van der Waals surface area contributed by atoms with E-state index in [1.54, 1.807) is 28.6 Å². The summed E-state index contributed by atoms with van der Waals surface area (Å²) in [6.45, 7) is 2.57. The Morgan fingerprint density at radius 2 is 1.48 bits per heavy atom. The van der Waals surface area contributed by atoms with E-state index in [1.807, 2.05) is 30.3 Å². The molecule has 0 amide bonds. The van der Waals surface area contributed by atoms with E-state index in [0.29, 0.717) is 4.90 Å². The second kappa shape index (κ2) is 8.19. The fourth-order valence-corrected chi connectivity index (χ4v) is 6.95. The zero-order valence-electron chi connectivity index (χ0n) is 17.2. The first-order valence-electron chi connectivity index (χ1n) is 10.7. The van der Waals surface area contributed by atoms with Gasteiger partial charge in [-0.05, 0) is 47.7 Å². The number of halogens is 1. The molecule has 0 saturated carbocycles. The molecule has 0 aromatic heterocycles. The van der Waals surface area contributed by atoms with Crippen LogP contribution in [0.3, 0.4) is 0 Å². The average molecular weight is 437 g/mol. The van der Waals surface area contributed by atoms with E-state index in [4.69, 9.17) is 0 Å². The van der Waals surface area contributed by atoms with Crippen LogP contribution in [0.2, 0.25) is 0 Å². The summed E-state index contributed by atoms with van der Waals surface area (Å²) in [4.78, 5) is 2.75. The van der Waals surface area contributed by atoms with Gasteiger partial charge in [0.25, 0.3) is 0 Å². The second-order valence-corrected chi connectivity index (χ2v) is 10.1. The molecule has 4 nitrogen and oxygen atoms in total. The zero-order valence-corrected chi connectivity index (χ0v) is 18.0. The standard InChI is InChI=1S/C25H25FN2O2S/c26-21-12-10-20(11-13-21)25-23-8-4-5-9-24(23)31(29,30)28(25)22-14-16-27(17-15-22)18-19-6-2-1-3-7-19/h1-13,22,25H,14-18H2. The second-order valence-electron chi connectivity index (χ2n) is 8.32. The largest absolute Gasteiger partial charge is 0.299 e. The van der Waals surface area contributed by atoms with E-state index in [-0.39, 0.29) is 11.9 Å². The van der Waals surface area contributed by atoms with Crippen molar-refractivity contribution in [3.8, 4) is 0 Å². The van der Waals surface area contributed by atoms with E-state index in [2.05, 4.69) is 17.0 Å². The Balaban J connectivity index is 1.42. The summed E-state index contributed by atoms with van der Waals surface area (Å²) in [5, 5.41) is 0. The van der Waals surface area contributed by atoms with Crippen LogP contribution in [0.5, 0.6) is 0 Å². The Kier molecular flexibility index (Phi) is 5.38. The smallest absolute Gasteiger partial charge is 0.244 e. The van der Waals surface area contributed by atoms with E-state index < -0.39 is 16.1 Å². The lowest BCUT2D eigenvalue weighted by molar-refractivity contribution is 0.144. The van der Waals surface area contributed by atoms with Gasteiger partial charge in [-0.1, -0.05) is 60.7 Å². The van der Waals surface area contributed by atoms with Gasteiger partial charge in [0.2, 0.25) is 10.0 Å². The minimum absolute atomic E-state index is 0.0838. The van der Waals surface area contributed by atoms with Crippen molar-refractivity contribution < 1.29 is 12.8 Å². The van der Waals surface area contributed by atoms with Crippen LogP contribution in [0.25, 0.3) is 0 Å². The minimum Gasteiger partial charge on any atom is -0.299 e. The molecule has 6 heteroatoms. The summed E-state index contributed by atoms with van der Waals surface area (Å²) < 4.78 is 42.3. The van der Waals surface area contributed by atoms with Crippen molar-refractivity contribution in [1.82, 2.24) is 9.21 Å². The fourth-order valence-electron chi connectivity index (χ4n) is 4.88. The fraction of sp³-hybridized carbons (Fsp3) is 0.280. The first kappa shape index (κ1) is 20.4. The first-order chi connectivity index (χ1) is 15.0. The number of benzene rings is 3. The number of piperidine rings is 1. The van der Waals surface area contributed by atoms with Gasteiger partial charge in [0.15, 0.2) is 0 Å². The predicted octanol–water partition coefficient (Wildman–Crippen LogP) is 4.58. The molecule has 0 bridgehead atoms. The maximum Gasteiger partial charge on any atom is 0.244 e. The van der Waals surface area contributed by atoms with Gasteiger partial charge < -0.3 is 0 Å². The number of sulfonamides is 1.